The Balaban J connectivity index is 2.22. The third kappa shape index (κ3) is 4.31. The molecule has 1 aliphatic rings. The molecule has 4 heteroatoms. The van der Waals surface area contributed by atoms with Crippen molar-refractivity contribution < 1.29 is 9.59 Å². The number of carbonyl (C=O) groups is 2. The molecule has 1 amide bonds. The summed E-state index contributed by atoms with van der Waals surface area (Å²) in [6, 6.07) is 0.283. The largest absolute Gasteiger partial charge is 0.352 e. The minimum Gasteiger partial charge on any atom is -0.352 e. The number of rotatable bonds is 3. The molecular weight excluding hydrogens is 186 g/mol. The smallest absolute Gasteiger partial charge is 0.227 e. The monoisotopic (exact) mass is 201 g/mol. The van der Waals surface area contributed by atoms with E-state index in [2.05, 4.69) is 5.32 Å². The molecule has 1 unspecified atom stereocenters. The van der Waals surface area contributed by atoms with E-state index in [0.29, 0.717) is 0 Å². The predicted molar refractivity (Wildman–Crippen MR) is 53.8 cm³/mol. The van der Waals surface area contributed by atoms with Crippen LogP contribution in [0.4, 0.5) is 0 Å². The molecule has 13 heavy (non-hydrogen) atoms. The van der Waals surface area contributed by atoms with Gasteiger partial charge in [-0.3, -0.25) is 9.59 Å². The number of hydrogen-bond acceptors (Lipinski definition) is 3. The summed E-state index contributed by atoms with van der Waals surface area (Å²) in [5.74, 6) is 1.99. The first-order valence-corrected chi connectivity index (χ1v) is 5.70. The topological polar surface area (TPSA) is 46.2 Å². The zero-order chi connectivity index (χ0) is 9.68. The van der Waals surface area contributed by atoms with Gasteiger partial charge in [-0.05, 0) is 25.5 Å². The molecule has 1 fully saturated rings. The lowest BCUT2D eigenvalue weighted by atomic mass is 10.2. The van der Waals surface area contributed by atoms with Gasteiger partial charge in [0, 0.05) is 11.8 Å². The molecule has 1 saturated heterocycles. The van der Waals surface area contributed by atoms with E-state index >= 15 is 0 Å². The van der Waals surface area contributed by atoms with Crippen LogP contribution >= 0.6 is 11.8 Å². The summed E-state index contributed by atoms with van der Waals surface area (Å²) in [6.45, 7) is 1.44. The standard InChI is InChI=1S/C9H15NO2S/c1-7(11)5-9(12)10-8-3-2-4-13-6-8/h8H,2-6H2,1H3,(H,10,12). The van der Waals surface area contributed by atoms with Crippen molar-refractivity contribution in [2.75, 3.05) is 11.5 Å². The lowest BCUT2D eigenvalue weighted by Gasteiger charge is -2.22. The average Bonchev–Trinajstić information content (AvgIpc) is 2.04. The van der Waals surface area contributed by atoms with Crippen molar-refractivity contribution in [3.05, 3.63) is 0 Å². The number of nitrogens with one attached hydrogen (secondary N) is 1. The van der Waals surface area contributed by atoms with Crippen molar-refractivity contribution in [3.8, 4) is 0 Å². The minimum atomic E-state index is -0.125. The van der Waals surface area contributed by atoms with Gasteiger partial charge in [0.2, 0.25) is 5.91 Å². The number of hydrogen-bond donors (Lipinski definition) is 1. The quantitative estimate of drug-likeness (QED) is 0.692. The van der Waals surface area contributed by atoms with Crippen molar-refractivity contribution in [3.63, 3.8) is 0 Å². The van der Waals surface area contributed by atoms with Gasteiger partial charge in [-0.2, -0.15) is 11.8 Å². The van der Waals surface area contributed by atoms with Gasteiger partial charge >= 0.3 is 0 Å². The maximum absolute atomic E-state index is 11.2. The van der Waals surface area contributed by atoms with Crippen molar-refractivity contribution in [1.82, 2.24) is 5.32 Å². The Morgan fingerprint density at radius 3 is 2.85 bits per heavy atom. The Bertz CT molecular complexity index is 200. The first-order valence-electron chi connectivity index (χ1n) is 4.55. The summed E-state index contributed by atoms with van der Waals surface area (Å²) in [5.41, 5.74) is 0. The molecule has 0 aromatic carbocycles. The highest BCUT2D eigenvalue weighted by Crippen LogP contribution is 2.16. The Morgan fingerprint density at radius 2 is 2.31 bits per heavy atom. The minimum absolute atomic E-state index is 0.0289. The molecule has 1 heterocycles. The Morgan fingerprint density at radius 1 is 1.54 bits per heavy atom. The van der Waals surface area contributed by atoms with Crippen LogP contribution in [-0.2, 0) is 9.59 Å². The molecule has 0 radical (unpaired) electrons. The summed E-state index contributed by atoms with van der Waals surface area (Å²) in [6.07, 6.45) is 2.24. The third-order valence-electron chi connectivity index (χ3n) is 1.93. The summed E-state index contributed by atoms with van der Waals surface area (Å²) < 4.78 is 0. The van der Waals surface area contributed by atoms with E-state index in [-0.39, 0.29) is 24.2 Å². The van der Waals surface area contributed by atoms with E-state index in [0.717, 1.165) is 18.6 Å². The normalized spacial score (nSPS) is 22.4. The highest BCUT2D eigenvalue weighted by Gasteiger charge is 2.16. The fourth-order valence-corrected chi connectivity index (χ4v) is 2.43. The third-order valence-corrected chi connectivity index (χ3v) is 3.15. The molecular formula is C9H15NO2S. The Hall–Kier alpha value is -0.510. The maximum atomic E-state index is 11.2. The highest BCUT2D eigenvalue weighted by molar-refractivity contribution is 7.99. The van der Waals surface area contributed by atoms with E-state index in [1.165, 1.54) is 12.7 Å². The fraction of sp³-hybridized carbons (Fsp3) is 0.778. The van der Waals surface area contributed by atoms with E-state index in [1.807, 2.05) is 11.8 Å². The molecule has 0 aliphatic carbocycles. The van der Waals surface area contributed by atoms with Crippen molar-refractivity contribution >= 4 is 23.5 Å². The van der Waals surface area contributed by atoms with Gasteiger partial charge in [0.1, 0.15) is 5.78 Å². The second kappa shape index (κ2) is 5.27. The van der Waals surface area contributed by atoms with Gasteiger partial charge in [0.25, 0.3) is 0 Å². The molecule has 74 valence electrons. The summed E-state index contributed by atoms with van der Waals surface area (Å²) >= 11 is 1.86. The predicted octanol–water partition coefficient (Wildman–Crippen LogP) is 0.977. The zero-order valence-corrected chi connectivity index (χ0v) is 8.65. The lowest BCUT2D eigenvalue weighted by Crippen LogP contribution is -2.38. The van der Waals surface area contributed by atoms with Crippen molar-refractivity contribution in [2.24, 2.45) is 0 Å². The molecule has 3 nitrogen and oxygen atoms in total. The van der Waals surface area contributed by atoms with Gasteiger partial charge < -0.3 is 5.32 Å². The average molecular weight is 201 g/mol. The molecule has 1 aliphatic heterocycles. The van der Waals surface area contributed by atoms with Gasteiger partial charge in [0.05, 0.1) is 6.42 Å². The summed E-state index contributed by atoms with van der Waals surface area (Å²) in [7, 11) is 0. The van der Waals surface area contributed by atoms with E-state index in [9.17, 15) is 9.59 Å². The summed E-state index contributed by atoms with van der Waals surface area (Å²) in [5, 5.41) is 2.87. The highest BCUT2D eigenvalue weighted by atomic mass is 32.2. The number of carbonyl (C=O) groups excluding carboxylic acids is 2. The van der Waals surface area contributed by atoms with Gasteiger partial charge in [-0.25, -0.2) is 0 Å². The first kappa shape index (κ1) is 10.6. The fourth-order valence-electron chi connectivity index (χ4n) is 1.36. The number of ketones is 1. The van der Waals surface area contributed by atoms with Crippen LogP contribution in [0.15, 0.2) is 0 Å². The van der Waals surface area contributed by atoms with Crippen LogP contribution in [0.5, 0.6) is 0 Å². The lowest BCUT2D eigenvalue weighted by molar-refractivity contribution is -0.127. The molecule has 0 aromatic heterocycles. The number of thioether (sulfide) groups is 1. The van der Waals surface area contributed by atoms with E-state index < -0.39 is 0 Å². The summed E-state index contributed by atoms with van der Waals surface area (Å²) in [4.78, 5) is 21.8. The second-order valence-electron chi connectivity index (χ2n) is 3.36. The van der Waals surface area contributed by atoms with Crippen LogP contribution in [0.2, 0.25) is 0 Å². The van der Waals surface area contributed by atoms with Crippen LogP contribution in [-0.4, -0.2) is 29.2 Å². The Kier molecular flexibility index (Phi) is 4.28. The van der Waals surface area contributed by atoms with Crippen LogP contribution in [0.25, 0.3) is 0 Å². The number of Topliss-reactive ketones (excluding diaryl/α,β-unsaturated/α-hetero) is 1. The molecule has 0 spiro atoms. The number of amides is 1. The van der Waals surface area contributed by atoms with Crippen LogP contribution < -0.4 is 5.32 Å². The molecule has 1 atom stereocenters. The van der Waals surface area contributed by atoms with Gasteiger partial charge in [0.15, 0.2) is 0 Å². The SMILES string of the molecule is CC(=O)CC(=O)NC1CCCSC1. The molecule has 0 aromatic rings. The van der Waals surface area contributed by atoms with E-state index in [4.69, 9.17) is 0 Å². The molecule has 0 bridgehead atoms. The van der Waals surface area contributed by atoms with Crippen LogP contribution in [0.1, 0.15) is 26.2 Å². The van der Waals surface area contributed by atoms with Gasteiger partial charge in [-0.15, -0.1) is 0 Å². The molecule has 1 rings (SSSR count). The zero-order valence-electron chi connectivity index (χ0n) is 7.84. The molecule has 0 saturated carbocycles. The first-order chi connectivity index (χ1) is 6.18. The van der Waals surface area contributed by atoms with Crippen LogP contribution in [0, 0.1) is 0 Å². The van der Waals surface area contributed by atoms with E-state index in [1.54, 1.807) is 0 Å². The molecule has 1 N–H and O–H groups in total. The maximum Gasteiger partial charge on any atom is 0.227 e. The van der Waals surface area contributed by atoms with Crippen molar-refractivity contribution in [2.45, 2.75) is 32.2 Å². The van der Waals surface area contributed by atoms with Crippen LogP contribution in [0.3, 0.4) is 0 Å². The van der Waals surface area contributed by atoms with Crippen molar-refractivity contribution in [1.29, 1.82) is 0 Å². The Labute approximate surface area is 82.6 Å². The van der Waals surface area contributed by atoms with Gasteiger partial charge in [-0.1, -0.05) is 0 Å². The second-order valence-corrected chi connectivity index (χ2v) is 4.51.